The van der Waals surface area contributed by atoms with Crippen LogP contribution in [-0.4, -0.2) is 15.0 Å². The van der Waals surface area contributed by atoms with E-state index in [1.54, 1.807) is 12.1 Å². The summed E-state index contributed by atoms with van der Waals surface area (Å²) in [6.45, 7) is 5.37. The van der Waals surface area contributed by atoms with Gasteiger partial charge in [0.15, 0.2) is 0 Å². The van der Waals surface area contributed by atoms with E-state index in [1.165, 1.54) is 22.7 Å². The largest absolute Gasteiger partial charge is 0.312 e. The Labute approximate surface area is 138 Å². The van der Waals surface area contributed by atoms with Crippen LogP contribution in [0.25, 0.3) is 0 Å². The summed E-state index contributed by atoms with van der Waals surface area (Å²) in [5, 5.41) is 3.18. The maximum atomic E-state index is 12.4. The third kappa shape index (κ3) is 4.51. The molecule has 4 nitrogen and oxygen atoms in total. The highest BCUT2D eigenvalue weighted by molar-refractivity contribution is 7.91. The molecule has 0 aliphatic rings. The molecule has 0 aromatic carbocycles. The van der Waals surface area contributed by atoms with Crippen LogP contribution in [0.2, 0.25) is 4.34 Å². The first-order valence-corrected chi connectivity index (χ1v) is 9.99. The summed E-state index contributed by atoms with van der Waals surface area (Å²) in [7, 11) is -3.50. The lowest BCUT2D eigenvalue weighted by Gasteiger charge is -2.11. The summed E-state index contributed by atoms with van der Waals surface area (Å²) in [5.41, 5.74) is 0. The van der Waals surface area contributed by atoms with Crippen molar-refractivity contribution in [3.8, 4) is 0 Å². The van der Waals surface area contributed by atoms with E-state index in [0.29, 0.717) is 15.1 Å². The van der Waals surface area contributed by atoms with E-state index in [4.69, 9.17) is 11.6 Å². The number of rotatable bonds is 7. The molecule has 2 rings (SSSR count). The minimum Gasteiger partial charge on any atom is -0.312 e. The van der Waals surface area contributed by atoms with Gasteiger partial charge in [0.2, 0.25) is 0 Å². The number of sulfonamides is 1. The maximum absolute atomic E-state index is 12.4. The number of nitrogens with one attached hydrogen (secondary N) is 2. The molecule has 21 heavy (non-hydrogen) atoms. The van der Waals surface area contributed by atoms with E-state index in [9.17, 15) is 8.42 Å². The third-order valence-corrected chi connectivity index (χ3v) is 7.34. The normalized spacial score (nSPS) is 13.5. The smallest absolute Gasteiger partial charge is 0.250 e. The summed E-state index contributed by atoms with van der Waals surface area (Å²) in [5.74, 6) is 0. The minimum absolute atomic E-state index is 0.299. The van der Waals surface area contributed by atoms with Crippen LogP contribution in [0.1, 0.15) is 29.6 Å². The van der Waals surface area contributed by atoms with Gasteiger partial charge in [0.25, 0.3) is 10.0 Å². The molecular formula is C13H17ClN2O2S3. The van der Waals surface area contributed by atoms with E-state index in [1.807, 2.05) is 26.0 Å². The van der Waals surface area contributed by atoms with Gasteiger partial charge >= 0.3 is 0 Å². The standard InChI is InChI=1S/C13H17ClN2O2S3/c1-3-15-8-10-4-7-13(19-10)21(17,18)16-9(2)11-5-6-12(14)20-11/h4-7,9,15-16H,3,8H2,1-2H3. The highest BCUT2D eigenvalue weighted by Gasteiger charge is 2.21. The first-order valence-electron chi connectivity index (χ1n) is 6.49. The highest BCUT2D eigenvalue weighted by Crippen LogP contribution is 2.29. The Balaban J connectivity index is 2.09. The molecule has 0 saturated carbocycles. The predicted octanol–water partition coefficient (Wildman–Crippen LogP) is 3.61. The molecule has 1 unspecified atom stereocenters. The molecule has 0 aliphatic carbocycles. The van der Waals surface area contributed by atoms with E-state index >= 15 is 0 Å². The van der Waals surface area contributed by atoms with Gasteiger partial charge in [-0.3, -0.25) is 0 Å². The molecule has 2 aromatic heterocycles. The van der Waals surface area contributed by atoms with E-state index in [2.05, 4.69) is 10.0 Å². The molecule has 0 saturated heterocycles. The van der Waals surface area contributed by atoms with Gasteiger partial charge < -0.3 is 5.32 Å². The SMILES string of the molecule is CCNCc1ccc(S(=O)(=O)NC(C)c2ccc(Cl)s2)s1. The van der Waals surface area contributed by atoms with E-state index in [0.717, 1.165) is 16.3 Å². The Morgan fingerprint density at radius 3 is 2.62 bits per heavy atom. The second kappa shape index (κ2) is 7.21. The Kier molecular flexibility index (Phi) is 5.81. The summed E-state index contributed by atoms with van der Waals surface area (Å²) >= 11 is 8.55. The van der Waals surface area contributed by atoms with Crippen molar-refractivity contribution in [2.75, 3.05) is 6.54 Å². The molecule has 0 radical (unpaired) electrons. The average molecular weight is 365 g/mol. The molecule has 1 atom stereocenters. The fraction of sp³-hybridized carbons (Fsp3) is 0.385. The zero-order valence-corrected chi connectivity index (χ0v) is 14.9. The summed E-state index contributed by atoms with van der Waals surface area (Å²) < 4.78 is 28.4. The van der Waals surface area contributed by atoms with Gasteiger partial charge in [-0.25, -0.2) is 13.1 Å². The van der Waals surface area contributed by atoms with Crippen LogP contribution in [0, 0.1) is 0 Å². The number of hydrogen-bond acceptors (Lipinski definition) is 5. The van der Waals surface area contributed by atoms with Gasteiger partial charge in [-0.15, -0.1) is 22.7 Å². The zero-order valence-electron chi connectivity index (χ0n) is 11.7. The quantitative estimate of drug-likeness (QED) is 0.789. The fourth-order valence-electron chi connectivity index (χ4n) is 1.76. The molecule has 0 aliphatic heterocycles. The molecule has 2 aromatic rings. The van der Waals surface area contributed by atoms with Crippen LogP contribution in [0.5, 0.6) is 0 Å². The second-order valence-electron chi connectivity index (χ2n) is 4.49. The zero-order chi connectivity index (χ0) is 15.5. The Morgan fingerprint density at radius 2 is 2.00 bits per heavy atom. The number of halogens is 1. The predicted molar refractivity (Wildman–Crippen MR) is 89.8 cm³/mol. The highest BCUT2D eigenvalue weighted by atomic mass is 35.5. The Bertz CT molecular complexity index is 694. The van der Waals surface area contributed by atoms with Crippen LogP contribution in [-0.2, 0) is 16.6 Å². The first-order chi connectivity index (χ1) is 9.92. The molecule has 2 N–H and O–H groups in total. The molecule has 0 fully saturated rings. The van der Waals surface area contributed by atoms with Crippen molar-refractivity contribution >= 4 is 44.3 Å². The lowest BCUT2D eigenvalue weighted by Crippen LogP contribution is -2.25. The first kappa shape index (κ1) is 16.9. The lowest BCUT2D eigenvalue weighted by molar-refractivity contribution is 0.570. The molecule has 0 amide bonds. The monoisotopic (exact) mass is 364 g/mol. The Hall–Kier alpha value is -0.440. The summed E-state index contributed by atoms with van der Waals surface area (Å²) in [6.07, 6.45) is 0. The molecule has 0 bridgehead atoms. The van der Waals surface area contributed by atoms with Crippen molar-refractivity contribution in [1.29, 1.82) is 0 Å². The van der Waals surface area contributed by atoms with Crippen LogP contribution in [0.4, 0.5) is 0 Å². The summed E-state index contributed by atoms with van der Waals surface area (Å²) in [6, 6.07) is 6.80. The fourth-order valence-corrected chi connectivity index (χ4v) is 5.46. The van der Waals surface area contributed by atoms with Crippen molar-refractivity contribution in [1.82, 2.24) is 10.0 Å². The van der Waals surface area contributed by atoms with Gasteiger partial charge in [-0.1, -0.05) is 18.5 Å². The molecule has 8 heteroatoms. The number of thiophene rings is 2. The van der Waals surface area contributed by atoms with Gasteiger partial charge in [0.1, 0.15) is 4.21 Å². The molecule has 2 heterocycles. The van der Waals surface area contributed by atoms with Crippen molar-refractivity contribution < 1.29 is 8.42 Å². The average Bonchev–Trinajstić information content (AvgIpc) is 3.05. The van der Waals surface area contributed by atoms with Crippen LogP contribution < -0.4 is 10.0 Å². The maximum Gasteiger partial charge on any atom is 0.250 e. The second-order valence-corrected chi connectivity index (χ2v) is 9.34. The van der Waals surface area contributed by atoms with Crippen LogP contribution in [0.15, 0.2) is 28.5 Å². The number of hydrogen-bond donors (Lipinski definition) is 2. The van der Waals surface area contributed by atoms with Crippen LogP contribution in [0.3, 0.4) is 0 Å². The summed E-state index contributed by atoms with van der Waals surface area (Å²) in [4.78, 5) is 1.90. The van der Waals surface area contributed by atoms with Crippen molar-refractivity contribution in [3.63, 3.8) is 0 Å². The van der Waals surface area contributed by atoms with Gasteiger partial charge in [-0.2, -0.15) is 0 Å². The van der Waals surface area contributed by atoms with Crippen LogP contribution >= 0.6 is 34.3 Å². The Morgan fingerprint density at radius 1 is 1.24 bits per heavy atom. The van der Waals surface area contributed by atoms with Crippen molar-refractivity contribution in [2.24, 2.45) is 0 Å². The molecule has 0 spiro atoms. The van der Waals surface area contributed by atoms with E-state index in [-0.39, 0.29) is 6.04 Å². The van der Waals surface area contributed by atoms with Gasteiger partial charge in [0.05, 0.1) is 10.4 Å². The van der Waals surface area contributed by atoms with Gasteiger partial charge in [-0.05, 0) is 37.7 Å². The third-order valence-electron chi connectivity index (χ3n) is 2.80. The topological polar surface area (TPSA) is 58.2 Å². The van der Waals surface area contributed by atoms with Crippen molar-refractivity contribution in [3.05, 3.63) is 38.4 Å². The lowest BCUT2D eigenvalue weighted by atomic mass is 10.3. The van der Waals surface area contributed by atoms with Crippen molar-refractivity contribution in [2.45, 2.75) is 30.6 Å². The molecule has 116 valence electrons. The molecular weight excluding hydrogens is 348 g/mol. The van der Waals surface area contributed by atoms with Gasteiger partial charge in [0, 0.05) is 16.3 Å². The van der Waals surface area contributed by atoms with E-state index < -0.39 is 10.0 Å². The minimum atomic E-state index is -3.50.